The Morgan fingerprint density at radius 3 is 2.50 bits per heavy atom. The highest BCUT2D eigenvalue weighted by molar-refractivity contribution is 6.74. The minimum atomic E-state index is -3.41. The van der Waals surface area contributed by atoms with E-state index in [0.717, 1.165) is 0 Å². The normalized spacial score (nSPS) is 24.9. The van der Waals surface area contributed by atoms with Crippen LogP contribution in [-0.4, -0.2) is 59.3 Å². The number of hydrogen-bond donors (Lipinski definition) is 0. The number of carbonyl (C=O) groups is 1. The molecular formula is C28H34ClF2N3O5Si. The van der Waals surface area contributed by atoms with Crippen LogP contribution in [0.3, 0.4) is 0 Å². The van der Waals surface area contributed by atoms with E-state index in [1.807, 2.05) is 33.9 Å². The number of benzene rings is 1. The van der Waals surface area contributed by atoms with Crippen LogP contribution in [0.2, 0.25) is 23.3 Å². The highest BCUT2D eigenvalue weighted by Gasteiger charge is 2.58. The summed E-state index contributed by atoms with van der Waals surface area (Å²) >= 11 is 6.24. The van der Waals surface area contributed by atoms with E-state index in [4.69, 9.17) is 30.2 Å². The van der Waals surface area contributed by atoms with Gasteiger partial charge in [0.05, 0.1) is 5.39 Å². The van der Waals surface area contributed by atoms with Gasteiger partial charge in [0.15, 0.2) is 32.2 Å². The fourth-order valence-electron chi connectivity index (χ4n) is 4.89. The summed E-state index contributed by atoms with van der Waals surface area (Å²) in [5, 5.41) is 0.625. The van der Waals surface area contributed by atoms with Gasteiger partial charge in [-0.2, -0.15) is 8.78 Å². The van der Waals surface area contributed by atoms with Crippen molar-refractivity contribution >= 4 is 36.7 Å². The van der Waals surface area contributed by atoms with Crippen molar-refractivity contribution in [1.29, 1.82) is 0 Å². The Labute approximate surface area is 238 Å². The molecule has 0 unspecified atom stereocenters. The Kier molecular flexibility index (Phi) is 7.25. The molecule has 0 spiro atoms. The predicted octanol–water partition coefficient (Wildman–Crippen LogP) is 6.50. The molecule has 4 heterocycles. The van der Waals surface area contributed by atoms with E-state index in [1.165, 1.54) is 24.5 Å². The van der Waals surface area contributed by atoms with Crippen molar-refractivity contribution in [2.75, 3.05) is 6.61 Å². The summed E-state index contributed by atoms with van der Waals surface area (Å²) in [5.41, 5.74) is -0.0712. The molecule has 1 aromatic carbocycles. The summed E-state index contributed by atoms with van der Waals surface area (Å²) < 4.78 is 57.5. The zero-order valence-corrected chi connectivity index (χ0v) is 25.3. The summed E-state index contributed by atoms with van der Waals surface area (Å²) in [5.74, 6) is -5.05. The van der Waals surface area contributed by atoms with Gasteiger partial charge in [-0.3, -0.25) is 4.79 Å². The van der Waals surface area contributed by atoms with Crippen LogP contribution in [0.5, 0.6) is 0 Å². The predicted molar refractivity (Wildman–Crippen MR) is 148 cm³/mol. The molecule has 0 bridgehead atoms. The molecular weight excluding hydrogens is 560 g/mol. The lowest BCUT2D eigenvalue weighted by atomic mass is 9.94. The fraction of sp³-hybridized carbons (Fsp3) is 0.536. The summed E-state index contributed by atoms with van der Waals surface area (Å²) in [4.78, 5) is 22.3. The van der Waals surface area contributed by atoms with Crippen molar-refractivity contribution in [2.24, 2.45) is 0 Å². The summed E-state index contributed by atoms with van der Waals surface area (Å²) in [6.07, 6.45) is -0.524. The molecule has 0 radical (unpaired) electrons. The second-order valence-corrected chi connectivity index (χ2v) is 17.5. The van der Waals surface area contributed by atoms with Gasteiger partial charge in [0, 0.05) is 17.3 Å². The summed E-state index contributed by atoms with van der Waals surface area (Å²) in [6, 6.07) is 7.44. The van der Waals surface area contributed by atoms with Crippen LogP contribution in [0, 0.1) is 0 Å². The third-order valence-corrected chi connectivity index (χ3v) is 12.8. The van der Waals surface area contributed by atoms with Crippen molar-refractivity contribution in [2.45, 2.75) is 89.0 Å². The van der Waals surface area contributed by atoms with Gasteiger partial charge >= 0.3 is 0 Å². The van der Waals surface area contributed by atoms with Gasteiger partial charge in [-0.1, -0.05) is 56.6 Å². The van der Waals surface area contributed by atoms with E-state index in [9.17, 15) is 4.79 Å². The Morgan fingerprint density at radius 1 is 1.12 bits per heavy atom. The molecule has 0 saturated carbocycles. The number of aromatic nitrogens is 3. The van der Waals surface area contributed by atoms with E-state index in [2.05, 4.69) is 9.97 Å². The zero-order valence-electron chi connectivity index (χ0n) is 23.6. The monoisotopic (exact) mass is 593 g/mol. The molecule has 0 amide bonds. The third kappa shape index (κ3) is 5.12. The highest BCUT2D eigenvalue weighted by atomic mass is 35.5. The molecule has 3 aromatic rings. The summed E-state index contributed by atoms with van der Waals surface area (Å²) in [7, 11) is -2.47. The number of rotatable bonds is 7. The Bertz CT molecular complexity index is 1440. The smallest absolute Gasteiger partial charge is 0.295 e. The first-order valence-corrected chi connectivity index (χ1v) is 16.4. The first kappa shape index (κ1) is 29.2. The maximum Gasteiger partial charge on any atom is 0.295 e. The van der Waals surface area contributed by atoms with Crippen molar-refractivity contribution in [3.63, 3.8) is 0 Å². The van der Waals surface area contributed by atoms with Gasteiger partial charge in [0.1, 0.15) is 35.9 Å². The zero-order chi connectivity index (χ0) is 29.3. The number of carbonyl (C=O) groups excluding carboxylic acids is 1. The average Bonchev–Trinajstić information content (AvgIpc) is 3.53. The Hall–Kier alpha value is -2.28. The van der Waals surface area contributed by atoms with E-state index < -0.39 is 62.5 Å². The lowest BCUT2D eigenvalue weighted by Crippen LogP contribution is -2.43. The molecule has 5 rings (SSSR count). The SMILES string of the molecule is CC1(C)O[C@@H]2[C@H](O1)[C@@H](C(=O)c1ccccc1C(F)(F)CO[Si](C)(C)C(C)(C)C)O[C@H]2n1ccc2c(Cl)ncnc21. The Balaban J connectivity index is 1.47. The first-order valence-electron chi connectivity index (χ1n) is 13.2. The molecule has 4 atom stereocenters. The van der Waals surface area contributed by atoms with Crippen LogP contribution in [0.15, 0.2) is 42.9 Å². The number of ketones is 1. The van der Waals surface area contributed by atoms with Crippen molar-refractivity contribution in [1.82, 2.24) is 14.5 Å². The van der Waals surface area contributed by atoms with Crippen molar-refractivity contribution < 1.29 is 32.2 Å². The second-order valence-electron chi connectivity index (χ2n) is 12.3. The fourth-order valence-corrected chi connectivity index (χ4v) is 6.06. The lowest BCUT2D eigenvalue weighted by molar-refractivity contribution is -0.190. The van der Waals surface area contributed by atoms with Crippen LogP contribution in [0.1, 0.15) is 56.8 Å². The maximum atomic E-state index is 15.7. The number of alkyl halides is 2. The average molecular weight is 594 g/mol. The number of nitrogens with zero attached hydrogens (tertiary/aromatic N) is 3. The molecule has 2 fully saturated rings. The Morgan fingerprint density at radius 2 is 1.80 bits per heavy atom. The molecule has 2 aliphatic rings. The van der Waals surface area contributed by atoms with Crippen LogP contribution in [0.4, 0.5) is 8.78 Å². The van der Waals surface area contributed by atoms with Crippen LogP contribution in [-0.2, 0) is 24.6 Å². The summed E-state index contributed by atoms with van der Waals surface area (Å²) in [6.45, 7) is 12.4. The van der Waals surface area contributed by atoms with E-state index in [-0.39, 0.29) is 15.8 Å². The third-order valence-electron chi connectivity index (χ3n) is 8.03. The molecule has 216 valence electrons. The van der Waals surface area contributed by atoms with E-state index in [0.29, 0.717) is 11.0 Å². The number of fused-ring (bicyclic) bond motifs is 2. The number of ether oxygens (including phenoxy) is 3. The van der Waals surface area contributed by atoms with Gasteiger partial charge in [-0.25, -0.2) is 9.97 Å². The first-order chi connectivity index (χ1) is 18.5. The van der Waals surface area contributed by atoms with E-state index >= 15 is 8.78 Å². The topological polar surface area (TPSA) is 84.7 Å². The van der Waals surface area contributed by atoms with Crippen LogP contribution >= 0.6 is 11.6 Å². The largest absolute Gasteiger partial charge is 0.410 e. The number of halogens is 3. The van der Waals surface area contributed by atoms with Crippen LogP contribution < -0.4 is 0 Å². The molecule has 0 N–H and O–H groups in total. The number of hydrogen-bond acceptors (Lipinski definition) is 7. The molecule has 0 aliphatic carbocycles. The van der Waals surface area contributed by atoms with Gasteiger partial charge in [-0.05, 0) is 38.0 Å². The molecule has 12 heteroatoms. The molecule has 2 saturated heterocycles. The van der Waals surface area contributed by atoms with E-state index in [1.54, 1.807) is 36.7 Å². The van der Waals surface area contributed by atoms with Gasteiger partial charge in [0.25, 0.3) is 5.92 Å². The maximum absolute atomic E-state index is 15.7. The minimum Gasteiger partial charge on any atom is -0.410 e. The lowest BCUT2D eigenvalue weighted by Gasteiger charge is -2.37. The quantitative estimate of drug-likeness (QED) is 0.176. The van der Waals surface area contributed by atoms with Gasteiger partial charge in [-0.15, -0.1) is 0 Å². The highest BCUT2D eigenvalue weighted by Crippen LogP contribution is 2.46. The van der Waals surface area contributed by atoms with Crippen molar-refractivity contribution in [3.8, 4) is 0 Å². The molecule has 40 heavy (non-hydrogen) atoms. The van der Waals surface area contributed by atoms with Crippen LogP contribution in [0.25, 0.3) is 11.0 Å². The molecule has 2 aromatic heterocycles. The second kappa shape index (κ2) is 9.92. The molecule has 8 nitrogen and oxygen atoms in total. The minimum absolute atomic E-state index is 0.147. The van der Waals surface area contributed by atoms with Gasteiger partial charge in [0.2, 0.25) is 0 Å². The van der Waals surface area contributed by atoms with Crippen molar-refractivity contribution in [3.05, 3.63) is 59.1 Å². The van der Waals surface area contributed by atoms with Gasteiger partial charge < -0.3 is 23.2 Å². The number of Topliss-reactive ketones (excluding diaryl/α,β-unsaturated/α-hetero) is 1. The standard InChI is InChI=1S/C28H34ClF2N3O5Si/c1-26(2,3)40(6,7)36-14-28(30,31)18-11-9-8-10-16(18)19(35)20-21-22(39-27(4,5)38-21)25(37-20)34-13-12-17-23(29)32-15-33-24(17)34/h8-13,15,20-22,25H,14H2,1-7H3/t20-,21-,22-,25-/m1/s1. The molecule has 2 aliphatic heterocycles.